The Balaban J connectivity index is 1.86. The van der Waals surface area contributed by atoms with Crippen molar-refractivity contribution in [3.63, 3.8) is 0 Å². The summed E-state index contributed by atoms with van der Waals surface area (Å²) in [6, 6.07) is 12.0. The number of rotatable bonds is 4. The molecule has 0 aliphatic carbocycles. The number of hydrogen-bond donors (Lipinski definition) is 1. The maximum Gasteiger partial charge on any atom is 0.339 e. The minimum atomic E-state index is -1.01. The molecular weight excluding hydrogens is 292 g/mol. The highest BCUT2D eigenvalue weighted by Gasteiger charge is 2.14. The fourth-order valence-electron chi connectivity index (χ4n) is 2.08. The van der Waals surface area contributed by atoms with Gasteiger partial charge in [-0.05, 0) is 30.3 Å². The van der Waals surface area contributed by atoms with E-state index >= 15 is 0 Å². The minimum absolute atomic E-state index is 0.144. The number of carboxylic acid groups (broad SMARTS) is 1. The molecule has 0 spiro atoms. The number of hydrogen-bond acceptors (Lipinski definition) is 3. The molecular formula is C16H11ClO4. The van der Waals surface area contributed by atoms with Crippen LogP contribution in [0.4, 0.5) is 0 Å². The van der Waals surface area contributed by atoms with E-state index in [0.717, 1.165) is 10.9 Å². The lowest BCUT2D eigenvalue weighted by molar-refractivity contribution is 0.0698. The molecule has 3 aromatic rings. The molecule has 3 rings (SSSR count). The zero-order valence-electron chi connectivity index (χ0n) is 10.9. The second-order valence-electron chi connectivity index (χ2n) is 4.49. The Bertz CT molecular complexity index is 790. The maximum absolute atomic E-state index is 11.1. The zero-order chi connectivity index (χ0) is 14.8. The van der Waals surface area contributed by atoms with Gasteiger partial charge in [-0.25, -0.2) is 4.79 Å². The number of carbonyl (C=O) groups is 1. The molecule has 106 valence electrons. The summed E-state index contributed by atoms with van der Waals surface area (Å²) in [5.74, 6) is -0.330. The van der Waals surface area contributed by atoms with Gasteiger partial charge in [0.25, 0.3) is 0 Å². The summed E-state index contributed by atoms with van der Waals surface area (Å²) in [7, 11) is 0. The lowest BCUT2D eigenvalue weighted by atomic mass is 10.1. The maximum atomic E-state index is 11.1. The minimum Gasteiger partial charge on any atom is -0.489 e. The fourth-order valence-corrected chi connectivity index (χ4v) is 2.21. The van der Waals surface area contributed by atoms with Crippen molar-refractivity contribution in [2.24, 2.45) is 0 Å². The van der Waals surface area contributed by atoms with Gasteiger partial charge in [-0.1, -0.05) is 23.7 Å². The summed E-state index contributed by atoms with van der Waals surface area (Å²) >= 11 is 5.81. The van der Waals surface area contributed by atoms with Crippen molar-refractivity contribution < 1.29 is 19.1 Å². The Morgan fingerprint density at radius 1 is 1.19 bits per heavy atom. The number of ether oxygens (including phenoxy) is 1. The van der Waals surface area contributed by atoms with Crippen molar-refractivity contribution in [2.45, 2.75) is 6.61 Å². The summed E-state index contributed by atoms with van der Waals surface area (Å²) in [5.41, 5.74) is 1.30. The van der Waals surface area contributed by atoms with Gasteiger partial charge in [-0.15, -0.1) is 0 Å². The van der Waals surface area contributed by atoms with Gasteiger partial charge in [0.2, 0.25) is 0 Å². The molecule has 4 nitrogen and oxygen atoms in total. The van der Waals surface area contributed by atoms with Crippen LogP contribution < -0.4 is 4.74 Å². The molecule has 0 amide bonds. The number of halogens is 1. The van der Waals surface area contributed by atoms with Crippen LogP contribution in [0.3, 0.4) is 0 Å². The Morgan fingerprint density at radius 2 is 1.95 bits per heavy atom. The smallest absolute Gasteiger partial charge is 0.339 e. The van der Waals surface area contributed by atoms with E-state index in [2.05, 4.69) is 0 Å². The number of carboxylic acids is 1. The average molecular weight is 303 g/mol. The van der Waals surface area contributed by atoms with Crippen LogP contribution in [-0.4, -0.2) is 11.1 Å². The van der Waals surface area contributed by atoms with Crippen molar-refractivity contribution in [1.29, 1.82) is 0 Å². The monoisotopic (exact) mass is 302 g/mol. The van der Waals surface area contributed by atoms with Gasteiger partial charge in [0.05, 0.1) is 6.26 Å². The Labute approximate surface area is 125 Å². The SMILES string of the molecule is O=C(O)c1cccc2c(COc3ccc(Cl)cc3)coc12. The highest BCUT2D eigenvalue weighted by Crippen LogP contribution is 2.26. The molecule has 0 atom stereocenters. The standard InChI is InChI=1S/C16H11ClO4/c17-11-4-6-12(7-5-11)20-8-10-9-21-15-13(10)2-1-3-14(15)16(18)19/h1-7,9H,8H2,(H,18,19). The average Bonchev–Trinajstić information content (AvgIpc) is 2.89. The van der Waals surface area contributed by atoms with Crippen molar-refractivity contribution >= 4 is 28.5 Å². The Kier molecular flexibility index (Phi) is 3.54. The molecule has 2 aromatic carbocycles. The first-order valence-electron chi connectivity index (χ1n) is 6.26. The Morgan fingerprint density at radius 3 is 2.67 bits per heavy atom. The molecule has 0 saturated heterocycles. The third-order valence-electron chi connectivity index (χ3n) is 3.12. The molecule has 0 aliphatic heterocycles. The molecule has 0 saturated carbocycles. The van der Waals surface area contributed by atoms with Crippen LogP contribution >= 0.6 is 11.6 Å². The summed E-state index contributed by atoms with van der Waals surface area (Å²) in [5, 5.41) is 10.5. The first-order chi connectivity index (χ1) is 10.1. The van der Waals surface area contributed by atoms with Gasteiger partial charge in [0.15, 0.2) is 0 Å². The van der Waals surface area contributed by atoms with Crippen molar-refractivity contribution in [3.8, 4) is 5.75 Å². The van der Waals surface area contributed by atoms with Gasteiger partial charge in [0, 0.05) is 16.0 Å². The van der Waals surface area contributed by atoms with E-state index in [1.807, 2.05) is 6.07 Å². The molecule has 0 bridgehead atoms. The van der Waals surface area contributed by atoms with Gasteiger partial charge >= 0.3 is 5.97 Å². The number of fused-ring (bicyclic) bond motifs is 1. The second-order valence-corrected chi connectivity index (χ2v) is 4.93. The first-order valence-corrected chi connectivity index (χ1v) is 6.63. The van der Waals surface area contributed by atoms with Crippen molar-refractivity contribution in [2.75, 3.05) is 0 Å². The van der Waals surface area contributed by atoms with Crippen LogP contribution in [0.5, 0.6) is 5.75 Å². The van der Waals surface area contributed by atoms with Crippen LogP contribution in [0, 0.1) is 0 Å². The predicted molar refractivity (Wildman–Crippen MR) is 79.0 cm³/mol. The summed E-state index contributed by atoms with van der Waals surface area (Å²) < 4.78 is 11.0. The lowest BCUT2D eigenvalue weighted by Gasteiger charge is -2.04. The molecule has 5 heteroatoms. The van der Waals surface area contributed by atoms with E-state index < -0.39 is 5.97 Å². The van der Waals surface area contributed by atoms with E-state index in [0.29, 0.717) is 16.4 Å². The highest BCUT2D eigenvalue weighted by molar-refractivity contribution is 6.30. The van der Waals surface area contributed by atoms with Crippen LogP contribution in [-0.2, 0) is 6.61 Å². The van der Waals surface area contributed by atoms with E-state index in [9.17, 15) is 4.79 Å². The normalized spacial score (nSPS) is 10.7. The zero-order valence-corrected chi connectivity index (χ0v) is 11.6. The van der Waals surface area contributed by atoms with Crippen LogP contribution in [0.15, 0.2) is 53.1 Å². The van der Waals surface area contributed by atoms with Crippen molar-refractivity contribution in [3.05, 3.63) is 64.9 Å². The predicted octanol–water partition coefficient (Wildman–Crippen LogP) is 4.36. The summed E-state index contributed by atoms with van der Waals surface area (Å²) in [6.07, 6.45) is 1.52. The lowest BCUT2D eigenvalue weighted by Crippen LogP contribution is -1.97. The molecule has 1 aromatic heterocycles. The summed E-state index contributed by atoms with van der Waals surface area (Å²) in [4.78, 5) is 11.1. The number of para-hydroxylation sites is 1. The Hall–Kier alpha value is -2.46. The van der Waals surface area contributed by atoms with E-state index in [1.165, 1.54) is 12.3 Å². The van der Waals surface area contributed by atoms with Gasteiger partial charge < -0.3 is 14.3 Å². The summed E-state index contributed by atoms with van der Waals surface area (Å²) in [6.45, 7) is 0.289. The van der Waals surface area contributed by atoms with Gasteiger partial charge in [-0.2, -0.15) is 0 Å². The number of benzene rings is 2. The second kappa shape index (κ2) is 5.50. The third kappa shape index (κ3) is 2.71. The van der Waals surface area contributed by atoms with Crippen LogP contribution in [0.2, 0.25) is 5.02 Å². The molecule has 1 N–H and O–H groups in total. The molecule has 0 aliphatic rings. The van der Waals surface area contributed by atoms with Gasteiger partial charge in [0.1, 0.15) is 23.5 Å². The molecule has 0 unspecified atom stereocenters. The van der Waals surface area contributed by atoms with E-state index in [4.69, 9.17) is 25.9 Å². The van der Waals surface area contributed by atoms with E-state index in [-0.39, 0.29) is 12.2 Å². The number of furan rings is 1. The largest absolute Gasteiger partial charge is 0.489 e. The third-order valence-corrected chi connectivity index (χ3v) is 3.37. The molecule has 0 radical (unpaired) electrons. The van der Waals surface area contributed by atoms with Gasteiger partial charge in [-0.3, -0.25) is 0 Å². The van der Waals surface area contributed by atoms with Crippen LogP contribution in [0.25, 0.3) is 11.0 Å². The fraction of sp³-hybridized carbons (Fsp3) is 0.0625. The molecule has 1 heterocycles. The van der Waals surface area contributed by atoms with Crippen LogP contribution in [0.1, 0.15) is 15.9 Å². The van der Waals surface area contributed by atoms with E-state index in [1.54, 1.807) is 30.3 Å². The quantitative estimate of drug-likeness (QED) is 0.777. The van der Waals surface area contributed by atoms with Crippen molar-refractivity contribution in [1.82, 2.24) is 0 Å². The topological polar surface area (TPSA) is 59.7 Å². The molecule has 21 heavy (non-hydrogen) atoms. The number of aromatic carboxylic acids is 1. The first kappa shape index (κ1) is 13.5. The highest BCUT2D eigenvalue weighted by atomic mass is 35.5. The molecule has 0 fully saturated rings.